The highest BCUT2D eigenvalue weighted by Gasteiger charge is 2.29. The first-order valence-electron chi connectivity index (χ1n) is 8.27. The van der Waals surface area contributed by atoms with Gasteiger partial charge in [-0.15, -0.1) is 0 Å². The van der Waals surface area contributed by atoms with E-state index in [-0.39, 0.29) is 17.6 Å². The SMILES string of the molecule is CN(CC1CC1)C(=O)C(Cc1ccccc1)NC(=O)c1ccco1. The van der Waals surface area contributed by atoms with Crippen LogP contribution >= 0.6 is 0 Å². The lowest BCUT2D eigenvalue weighted by Gasteiger charge is -2.24. The summed E-state index contributed by atoms with van der Waals surface area (Å²) in [5, 5.41) is 2.82. The Kier molecular flexibility index (Phi) is 4.99. The van der Waals surface area contributed by atoms with Crippen LogP contribution in [-0.4, -0.2) is 36.3 Å². The van der Waals surface area contributed by atoms with Gasteiger partial charge in [0.25, 0.3) is 5.91 Å². The fraction of sp³-hybridized carbons (Fsp3) is 0.368. The Bertz CT molecular complexity index is 678. The number of carbonyl (C=O) groups is 2. The summed E-state index contributed by atoms with van der Waals surface area (Å²) in [6, 6.07) is 12.4. The Morgan fingerprint density at radius 3 is 2.58 bits per heavy atom. The maximum absolute atomic E-state index is 12.8. The van der Waals surface area contributed by atoms with Crippen LogP contribution in [0.3, 0.4) is 0 Å². The molecule has 3 rings (SSSR count). The average Bonchev–Trinajstić information content (AvgIpc) is 3.23. The van der Waals surface area contributed by atoms with Crippen molar-refractivity contribution in [2.75, 3.05) is 13.6 Å². The third-order valence-electron chi connectivity index (χ3n) is 4.24. The monoisotopic (exact) mass is 326 g/mol. The number of hydrogen-bond acceptors (Lipinski definition) is 3. The molecule has 0 spiro atoms. The Morgan fingerprint density at radius 2 is 1.96 bits per heavy atom. The molecule has 2 aromatic rings. The van der Waals surface area contributed by atoms with E-state index >= 15 is 0 Å². The van der Waals surface area contributed by atoms with E-state index in [9.17, 15) is 9.59 Å². The number of benzene rings is 1. The summed E-state index contributed by atoms with van der Waals surface area (Å²) in [4.78, 5) is 26.8. The zero-order valence-electron chi connectivity index (χ0n) is 13.8. The fourth-order valence-corrected chi connectivity index (χ4v) is 2.73. The molecule has 1 saturated carbocycles. The molecule has 1 atom stereocenters. The van der Waals surface area contributed by atoms with Gasteiger partial charge in [-0.05, 0) is 36.5 Å². The van der Waals surface area contributed by atoms with Crippen molar-refractivity contribution >= 4 is 11.8 Å². The van der Waals surface area contributed by atoms with Crippen LogP contribution in [0.4, 0.5) is 0 Å². The average molecular weight is 326 g/mol. The lowest BCUT2D eigenvalue weighted by Crippen LogP contribution is -2.49. The number of furan rings is 1. The first-order valence-corrected chi connectivity index (χ1v) is 8.27. The van der Waals surface area contributed by atoms with Crippen molar-refractivity contribution in [3.63, 3.8) is 0 Å². The van der Waals surface area contributed by atoms with E-state index in [4.69, 9.17) is 4.42 Å². The summed E-state index contributed by atoms with van der Waals surface area (Å²) in [6.07, 6.45) is 4.27. The maximum Gasteiger partial charge on any atom is 0.287 e. The predicted molar refractivity (Wildman–Crippen MR) is 90.5 cm³/mol. The topological polar surface area (TPSA) is 62.6 Å². The quantitative estimate of drug-likeness (QED) is 0.850. The highest BCUT2D eigenvalue weighted by atomic mass is 16.3. The van der Waals surface area contributed by atoms with Gasteiger partial charge in [-0.25, -0.2) is 0 Å². The molecule has 126 valence electrons. The molecule has 0 radical (unpaired) electrons. The van der Waals surface area contributed by atoms with Gasteiger partial charge < -0.3 is 14.6 Å². The molecule has 1 N–H and O–H groups in total. The molecule has 2 amide bonds. The van der Waals surface area contributed by atoms with Gasteiger partial charge in [0, 0.05) is 20.0 Å². The molecule has 5 heteroatoms. The van der Waals surface area contributed by atoms with Gasteiger partial charge in [-0.1, -0.05) is 30.3 Å². The van der Waals surface area contributed by atoms with E-state index in [1.165, 1.54) is 19.1 Å². The molecule has 0 aliphatic heterocycles. The van der Waals surface area contributed by atoms with Crippen molar-refractivity contribution in [3.05, 3.63) is 60.1 Å². The Morgan fingerprint density at radius 1 is 1.21 bits per heavy atom. The number of nitrogens with one attached hydrogen (secondary N) is 1. The molecule has 1 aromatic heterocycles. The second-order valence-electron chi connectivity index (χ2n) is 6.36. The van der Waals surface area contributed by atoms with Gasteiger partial charge in [-0.2, -0.15) is 0 Å². The largest absolute Gasteiger partial charge is 0.459 e. The molecule has 1 heterocycles. The molecule has 5 nitrogen and oxygen atoms in total. The van der Waals surface area contributed by atoms with Gasteiger partial charge in [0.1, 0.15) is 6.04 Å². The van der Waals surface area contributed by atoms with Crippen LogP contribution in [0.2, 0.25) is 0 Å². The molecule has 1 aromatic carbocycles. The van der Waals surface area contributed by atoms with Crippen LogP contribution in [0.25, 0.3) is 0 Å². The lowest BCUT2D eigenvalue weighted by molar-refractivity contribution is -0.132. The van der Waals surface area contributed by atoms with Crippen molar-refractivity contribution in [2.24, 2.45) is 5.92 Å². The first-order chi connectivity index (χ1) is 11.6. The highest BCUT2D eigenvalue weighted by molar-refractivity contribution is 5.95. The van der Waals surface area contributed by atoms with Crippen molar-refractivity contribution < 1.29 is 14.0 Å². The molecule has 1 unspecified atom stereocenters. The summed E-state index contributed by atoms with van der Waals surface area (Å²) in [5.41, 5.74) is 1.01. The van der Waals surface area contributed by atoms with E-state index in [0.717, 1.165) is 12.1 Å². The zero-order valence-corrected chi connectivity index (χ0v) is 13.8. The molecule has 0 saturated heterocycles. The van der Waals surface area contributed by atoms with Crippen LogP contribution in [0.15, 0.2) is 53.1 Å². The minimum absolute atomic E-state index is 0.0642. The third kappa shape index (κ3) is 4.25. The van der Waals surface area contributed by atoms with Gasteiger partial charge in [0.2, 0.25) is 5.91 Å². The number of carbonyl (C=O) groups excluding carboxylic acids is 2. The van der Waals surface area contributed by atoms with E-state index in [2.05, 4.69) is 5.32 Å². The minimum atomic E-state index is -0.603. The summed E-state index contributed by atoms with van der Waals surface area (Å²) < 4.78 is 5.12. The van der Waals surface area contributed by atoms with Crippen LogP contribution in [0.5, 0.6) is 0 Å². The van der Waals surface area contributed by atoms with Gasteiger partial charge in [0.15, 0.2) is 5.76 Å². The van der Waals surface area contributed by atoms with Crippen molar-refractivity contribution in [1.82, 2.24) is 10.2 Å². The van der Waals surface area contributed by atoms with Gasteiger partial charge in [-0.3, -0.25) is 9.59 Å². The van der Waals surface area contributed by atoms with E-state index in [0.29, 0.717) is 12.3 Å². The van der Waals surface area contributed by atoms with Crippen molar-refractivity contribution in [3.8, 4) is 0 Å². The maximum atomic E-state index is 12.8. The number of hydrogen-bond donors (Lipinski definition) is 1. The first kappa shape index (κ1) is 16.3. The van der Waals surface area contributed by atoms with E-state index < -0.39 is 6.04 Å². The molecular weight excluding hydrogens is 304 g/mol. The van der Waals surface area contributed by atoms with Crippen molar-refractivity contribution in [2.45, 2.75) is 25.3 Å². The lowest BCUT2D eigenvalue weighted by atomic mass is 10.0. The Hall–Kier alpha value is -2.56. The number of likely N-dealkylation sites (N-methyl/N-ethyl adjacent to an activating group) is 1. The van der Waals surface area contributed by atoms with Gasteiger partial charge >= 0.3 is 0 Å². The Balaban J connectivity index is 1.71. The zero-order chi connectivity index (χ0) is 16.9. The Labute approximate surface area is 141 Å². The van der Waals surface area contributed by atoms with Gasteiger partial charge in [0.05, 0.1) is 6.26 Å². The number of nitrogens with zero attached hydrogens (tertiary/aromatic N) is 1. The van der Waals surface area contributed by atoms with Crippen molar-refractivity contribution in [1.29, 1.82) is 0 Å². The van der Waals surface area contributed by atoms with Crippen LogP contribution in [0.1, 0.15) is 29.0 Å². The van der Waals surface area contributed by atoms with E-state index in [1.54, 1.807) is 24.1 Å². The molecule has 1 fully saturated rings. The summed E-state index contributed by atoms with van der Waals surface area (Å²) in [7, 11) is 1.80. The standard InChI is InChI=1S/C19H22N2O3/c1-21(13-15-9-10-15)19(23)16(12-14-6-3-2-4-7-14)20-18(22)17-8-5-11-24-17/h2-8,11,15-16H,9-10,12-13H2,1H3,(H,20,22). The fourth-order valence-electron chi connectivity index (χ4n) is 2.73. The molecular formula is C19H22N2O3. The number of rotatable bonds is 7. The third-order valence-corrected chi connectivity index (χ3v) is 4.24. The second kappa shape index (κ2) is 7.34. The second-order valence-corrected chi connectivity index (χ2v) is 6.36. The smallest absolute Gasteiger partial charge is 0.287 e. The molecule has 0 bridgehead atoms. The normalized spacial score (nSPS) is 14.9. The number of amides is 2. The molecule has 1 aliphatic rings. The van der Waals surface area contributed by atoms with Crippen LogP contribution in [0, 0.1) is 5.92 Å². The highest BCUT2D eigenvalue weighted by Crippen LogP contribution is 2.29. The summed E-state index contributed by atoms with van der Waals surface area (Å²) >= 11 is 0. The minimum Gasteiger partial charge on any atom is -0.459 e. The summed E-state index contributed by atoms with van der Waals surface area (Å²) in [5.74, 6) is 0.391. The molecule has 1 aliphatic carbocycles. The molecule has 24 heavy (non-hydrogen) atoms. The van der Waals surface area contributed by atoms with Crippen LogP contribution in [-0.2, 0) is 11.2 Å². The summed E-state index contributed by atoms with van der Waals surface area (Å²) in [6.45, 7) is 0.751. The van der Waals surface area contributed by atoms with Crippen LogP contribution < -0.4 is 5.32 Å². The van der Waals surface area contributed by atoms with E-state index in [1.807, 2.05) is 30.3 Å². The predicted octanol–water partition coefficient (Wildman–Crippen LogP) is 2.49.